The van der Waals surface area contributed by atoms with Crippen molar-refractivity contribution in [1.82, 2.24) is 9.55 Å². The summed E-state index contributed by atoms with van der Waals surface area (Å²) in [4.78, 5) is 29.9. The van der Waals surface area contributed by atoms with E-state index in [1.165, 1.54) is 0 Å². The van der Waals surface area contributed by atoms with Gasteiger partial charge in [0.25, 0.3) is 5.91 Å². The van der Waals surface area contributed by atoms with E-state index in [4.69, 9.17) is 4.42 Å². The Morgan fingerprint density at radius 1 is 1.06 bits per heavy atom. The topological polar surface area (TPSA) is 89.2 Å². The minimum Gasteiger partial charge on any atom is -0.451 e. The molecule has 4 aromatic rings. The van der Waals surface area contributed by atoms with Gasteiger partial charge in [-0.3, -0.25) is 9.59 Å². The Morgan fingerprint density at radius 3 is 2.48 bits per heavy atom. The van der Waals surface area contributed by atoms with Gasteiger partial charge >= 0.3 is 0 Å². The van der Waals surface area contributed by atoms with Crippen molar-refractivity contribution in [3.63, 3.8) is 0 Å². The van der Waals surface area contributed by atoms with Gasteiger partial charge in [0, 0.05) is 52.9 Å². The summed E-state index contributed by atoms with van der Waals surface area (Å²) in [7, 11) is 1.93. The molecule has 0 unspecified atom stereocenters. The number of aryl methyl sites for hydroxylation is 1. The van der Waals surface area contributed by atoms with Crippen LogP contribution in [0.2, 0.25) is 0 Å². The van der Waals surface area contributed by atoms with Crippen molar-refractivity contribution in [2.45, 2.75) is 31.7 Å². The molecule has 0 aliphatic rings. The van der Waals surface area contributed by atoms with Crippen LogP contribution in [0, 0.1) is 5.41 Å². The van der Waals surface area contributed by atoms with Gasteiger partial charge in [0.2, 0.25) is 5.91 Å². The lowest BCUT2D eigenvalue weighted by molar-refractivity contribution is -0.123. The van der Waals surface area contributed by atoms with Crippen LogP contribution in [0.5, 0.6) is 0 Å². The summed E-state index contributed by atoms with van der Waals surface area (Å²) in [5.41, 5.74) is 2.13. The number of nitrogens with zero attached hydrogens (tertiary/aromatic N) is 2. The number of anilines is 2. The molecule has 0 bridgehead atoms. The van der Waals surface area contributed by atoms with Gasteiger partial charge in [0.1, 0.15) is 5.58 Å². The van der Waals surface area contributed by atoms with Crippen LogP contribution in [-0.2, 0) is 17.6 Å². The minimum atomic E-state index is -0.521. The fraction of sp³-hybridized carbons (Fsp3) is 0.240. The molecule has 4 rings (SSSR count). The summed E-state index contributed by atoms with van der Waals surface area (Å²) in [5.74, 6) is 0.353. The SMILES string of the molecule is Cn1ccnc1SCc1c(C(=O)Nc2cccc(NC(=O)C(C)(C)C)c2)oc2ccccc12. The first-order valence-electron chi connectivity index (χ1n) is 10.6. The van der Waals surface area contributed by atoms with Crippen LogP contribution in [0.1, 0.15) is 36.9 Å². The summed E-state index contributed by atoms with van der Waals surface area (Å²) in [6, 6.07) is 14.7. The number of amides is 2. The number of aromatic nitrogens is 2. The number of hydrogen-bond acceptors (Lipinski definition) is 5. The second kappa shape index (κ2) is 9.15. The molecule has 0 radical (unpaired) electrons. The molecule has 0 aliphatic heterocycles. The number of furan rings is 1. The van der Waals surface area contributed by atoms with E-state index < -0.39 is 5.41 Å². The highest BCUT2D eigenvalue weighted by Crippen LogP contribution is 2.32. The molecule has 2 aromatic heterocycles. The highest BCUT2D eigenvalue weighted by molar-refractivity contribution is 7.98. The number of hydrogen-bond donors (Lipinski definition) is 2. The molecule has 2 heterocycles. The zero-order valence-electron chi connectivity index (χ0n) is 19.0. The second-order valence-electron chi connectivity index (χ2n) is 8.75. The fourth-order valence-corrected chi connectivity index (χ4v) is 4.19. The van der Waals surface area contributed by atoms with Crippen LogP contribution in [0.15, 0.2) is 70.5 Å². The van der Waals surface area contributed by atoms with E-state index in [0.717, 1.165) is 16.1 Å². The first-order valence-corrected chi connectivity index (χ1v) is 11.5. The predicted octanol–water partition coefficient (Wildman–Crippen LogP) is 5.70. The van der Waals surface area contributed by atoms with E-state index >= 15 is 0 Å². The average molecular weight is 463 g/mol. The van der Waals surface area contributed by atoms with Crippen molar-refractivity contribution in [3.05, 3.63) is 72.2 Å². The van der Waals surface area contributed by atoms with E-state index in [2.05, 4.69) is 15.6 Å². The van der Waals surface area contributed by atoms with Crippen LogP contribution in [0.4, 0.5) is 11.4 Å². The molecule has 2 amide bonds. The highest BCUT2D eigenvalue weighted by atomic mass is 32.2. The fourth-order valence-electron chi connectivity index (χ4n) is 3.23. The molecular weight excluding hydrogens is 436 g/mol. The third kappa shape index (κ3) is 5.12. The number of nitrogens with one attached hydrogen (secondary N) is 2. The van der Waals surface area contributed by atoms with Crippen LogP contribution < -0.4 is 10.6 Å². The molecule has 8 heteroatoms. The zero-order chi connectivity index (χ0) is 23.6. The third-order valence-electron chi connectivity index (χ3n) is 5.09. The van der Waals surface area contributed by atoms with Gasteiger partial charge in [0.05, 0.1) is 0 Å². The Morgan fingerprint density at radius 2 is 1.79 bits per heavy atom. The molecule has 0 saturated carbocycles. The quantitative estimate of drug-likeness (QED) is 0.359. The lowest BCUT2D eigenvalue weighted by Crippen LogP contribution is -2.27. The van der Waals surface area contributed by atoms with Gasteiger partial charge in [-0.15, -0.1) is 0 Å². The third-order valence-corrected chi connectivity index (χ3v) is 6.17. The first kappa shape index (κ1) is 22.7. The van der Waals surface area contributed by atoms with Crippen molar-refractivity contribution in [1.29, 1.82) is 0 Å². The summed E-state index contributed by atoms with van der Waals surface area (Å²) >= 11 is 1.54. The van der Waals surface area contributed by atoms with Gasteiger partial charge in [-0.1, -0.05) is 56.8 Å². The number of fused-ring (bicyclic) bond motifs is 1. The molecule has 0 spiro atoms. The molecule has 170 valence electrons. The second-order valence-corrected chi connectivity index (χ2v) is 9.70. The highest BCUT2D eigenvalue weighted by Gasteiger charge is 2.23. The van der Waals surface area contributed by atoms with Crippen molar-refractivity contribution in [2.24, 2.45) is 12.5 Å². The standard InChI is InChI=1S/C25H26N4O3S/c1-25(2,3)23(31)28-17-9-7-8-16(14-17)27-22(30)21-19(15-33-24-26-12-13-29(24)4)18-10-5-6-11-20(18)32-21/h5-14H,15H2,1-4H3,(H,27,30)(H,28,31). The van der Waals surface area contributed by atoms with E-state index in [9.17, 15) is 9.59 Å². The lowest BCUT2D eigenvalue weighted by atomic mass is 9.95. The van der Waals surface area contributed by atoms with E-state index in [0.29, 0.717) is 22.7 Å². The van der Waals surface area contributed by atoms with Gasteiger partial charge in [-0.2, -0.15) is 0 Å². The maximum absolute atomic E-state index is 13.2. The first-order chi connectivity index (χ1) is 15.7. The zero-order valence-corrected chi connectivity index (χ0v) is 19.8. The monoisotopic (exact) mass is 462 g/mol. The Bertz CT molecular complexity index is 1320. The summed E-state index contributed by atoms with van der Waals surface area (Å²) in [6.07, 6.45) is 3.63. The van der Waals surface area contributed by atoms with Crippen molar-refractivity contribution < 1.29 is 14.0 Å². The van der Waals surface area contributed by atoms with Crippen molar-refractivity contribution in [2.75, 3.05) is 10.6 Å². The summed E-state index contributed by atoms with van der Waals surface area (Å²) < 4.78 is 7.89. The Balaban J connectivity index is 1.58. The largest absolute Gasteiger partial charge is 0.451 e. The van der Waals surface area contributed by atoms with Gasteiger partial charge in [-0.05, 0) is 24.3 Å². The number of imidazole rings is 1. The Labute approximate surface area is 196 Å². The molecule has 0 fully saturated rings. The van der Waals surface area contributed by atoms with Gasteiger partial charge < -0.3 is 19.6 Å². The molecule has 0 aliphatic carbocycles. The minimum absolute atomic E-state index is 0.100. The summed E-state index contributed by atoms with van der Waals surface area (Å²) in [5, 5.41) is 7.54. The maximum Gasteiger partial charge on any atom is 0.291 e. The molecule has 33 heavy (non-hydrogen) atoms. The van der Waals surface area contributed by atoms with Gasteiger partial charge in [0.15, 0.2) is 10.9 Å². The molecule has 0 saturated heterocycles. The van der Waals surface area contributed by atoms with E-state index in [1.54, 1.807) is 42.2 Å². The number of benzene rings is 2. The van der Waals surface area contributed by atoms with Crippen LogP contribution in [-0.4, -0.2) is 21.4 Å². The number of rotatable bonds is 6. The van der Waals surface area contributed by atoms with E-state index in [1.807, 2.05) is 62.8 Å². The molecule has 2 aromatic carbocycles. The van der Waals surface area contributed by atoms with Crippen molar-refractivity contribution >= 4 is 45.9 Å². The molecular formula is C25H26N4O3S. The maximum atomic E-state index is 13.2. The normalized spacial score (nSPS) is 11.5. The number of para-hydroxylation sites is 1. The lowest BCUT2D eigenvalue weighted by Gasteiger charge is -2.18. The number of carbonyl (C=O) groups excluding carboxylic acids is 2. The molecule has 7 nitrogen and oxygen atoms in total. The molecule has 2 N–H and O–H groups in total. The van der Waals surface area contributed by atoms with Crippen molar-refractivity contribution in [3.8, 4) is 0 Å². The van der Waals surface area contributed by atoms with Crippen LogP contribution in [0.3, 0.4) is 0 Å². The smallest absolute Gasteiger partial charge is 0.291 e. The average Bonchev–Trinajstić information content (AvgIpc) is 3.35. The van der Waals surface area contributed by atoms with Crippen LogP contribution in [0.25, 0.3) is 11.0 Å². The Hall–Kier alpha value is -3.52. The Kier molecular flexibility index (Phi) is 6.29. The van der Waals surface area contributed by atoms with E-state index in [-0.39, 0.29) is 17.6 Å². The number of carbonyl (C=O) groups is 2. The van der Waals surface area contributed by atoms with Gasteiger partial charge in [-0.25, -0.2) is 4.98 Å². The van der Waals surface area contributed by atoms with Crippen LogP contribution >= 0.6 is 11.8 Å². The predicted molar refractivity (Wildman–Crippen MR) is 131 cm³/mol. The number of thioether (sulfide) groups is 1. The molecule has 0 atom stereocenters. The summed E-state index contributed by atoms with van der Waals surface area (Å²) in [6.45, 7) is 5.54.